The lowest BCUT2D eigenvalue weighted by Crippen LogP contribution is -2.11. The molecule has 88 valence electrons. The van der Waals surface area contributed by atoms with Crippen molar-refractivity contribution in [1.29, 1.82) is 0 Å². The quantitative estimate of drug-likeness (QED) is 0.748. The monoisotopic (exact) mass is 233 g/mol. The molecule has 1 aromatic carbocycles. The Labute approximate surface area is 97.1 Å². The molecule has 0 aliphatic heterocycles. The predicted molar refractivity (Wildman–Crippen MR) is 61.1 cm³/mol. The highest BCUT2D eigenvalue weighted by molar-refractivity contribution is 5.82. The fourth-order valence-electron chi connectivity index (χ4n) is 1.47. The lowest BCUT2D eigenvalue weighted by atomic mass is 10.3. The van der Waals surface area contributed by atoms with Crippen LogP contribution < -0.4 is 5.32 Å². The Morgan fingerprint density at radius 3 is 2.65 bits per heavy atom. The van der Waals surface area contributed by atoms with E-state index in [1.807, 2.05) is 18.2 Å². The van der Waals surface area contributed by atoms with Gasteiger partial charge in [-0.05, 0) is 12.1 Å². The van der Waals surface area contributed by atoms with Crippen LogP contribution in [0.15, 0.2) is 36.4 Å². The summed E-state index contributed by atoms with van der Waals surface area (Å²) in [6.07, 6.45) is -1.17. The number of aliphatic hydroxyl groups excluding tert-OH is 1. The van der Waals surface area contributed by atoms with Crippen molar-refractivity contribution in [2.45, 2.75) is 6.61 Å². The van der Waals surface area contributed by atoms with Gasteiger partial charge in [-0.3, -0.25) is 5.32 Å². The molecule has 0 spiro atoms. The Balaban J connectivity index is 2.44. The molecule has 1 aromatic heterocycles. The molecule has 0 saturated heterocycles. The van der Waals surface area contributed by atoms with E-state index >= 15 is 0 Å². The Morgan fingerprint density at radius 2 is 2.06 bits per heavy atom. The zero-order chi connectivity index (χ0) is 12.3. The summed E-state index contributed by atoms with van der Waals surface area (Å²) in [7, 11) is 0. The van der Waals surface area contributed by atoms with Gasteiger partial charge >= 0.3 is 6.09 Å². The van der Waals surface area contributed by atoms with E-state index in [0.29, 0.717) is 11.5 Å². The first-order valence-electron chi connectivity index (χ1n) is 4.96. The van der Waals surface area contributed by atoms with Crippen molar-refractivity contribution in [1.82, 2.24) is 9.78 Å². The van der Waals surface area contributed by atoms with Crippen LogP contribution in [-0.2, 0) is 6.61 Å². The van der Waals surface area contributed by atoms with Crippen molar-refractivity contribution in [2.75, 3.05) is 5.32 Å². The third kappa shape index (κ3) is 2.43. The Bertz CT molecular complexity index is 522. The molecule has 6 nitrogen and oxygen atoms in total. The van der Waals surface area contributed by atoms with Crippen LogP contribution in [0.5, 0.6) is 0 Å². The molecule has 1 amide bonds. The normalized spacial score (nSPS) is 10.2. The summed E-state index contributed by atoms with van der Waals surface area (Å²) in [6.45, 7) is -0.242. The Hall–Kier alpha value is -2.34. The second-order valence-corrected chi connectivity index (χ2v) is 3.36. The minimum absolute atomic E-state index is 0.242. The molecule has 6 heteroatoms. The lowest BCUT2D eigenvalue weighted by molar-refractivity contribution is 0.209. The van der Waals surface area contributed by atoms with Crippen LogP contribution in [0.2, 0.25) is 0 Å². The molecule has 3 N–H and O–H groups in total. The number of rotatable bonds is 3. The number of hydrogen-bond acceptors (Lipinski definition) is 3. The summed E-state index contributed by atoms with van der Waals surface area (Å²) in [5.74, 6) is 0.299. The van der Waals surface area contributed by atoms with E-state index in [4.69, 9.17) is 10.2 Å². The molecule has 1 heterocycles. The Morgan fingerprint density at radius 1 is 1.35 bits per heavy atom. The number of para-hydroxylation sites is 1. The molecule has 0 atom stereocenters. The summed E-state index contributed by atoms with van der Waals surface area (Å²) < 4.78 is 1.43. The fraction of sp³-hybridized carbons (Fsp3) is 0.0909. The lowest BCUT2D eigenvalue weighted by Gasteiger charge is -2.05. The van der Waals surface area contributed by atoms with E-state index in [1.165, 1.54) is 10.7 Å². The first-order chi connectivity index (χ1) is 8.20. The number of benzene rings is 1. The minimum atomic E-state index is -1.17. The van der Waals surface area contributed by atoms with Crippen LogP contribution in [-0.4, -0.2) is 26.1 Å². The minimum Gasteiger partial charge on any atom is -0.465 e. The fourth-order valence-corrected chi connectivity index (χ4v) is 1.47. The molecule has 0 aliphatic carbocycles. The van der Waals surface area contributed by atoms with Crippen molar-refractivity contribution >= 4 is 11.9 Å². The van der Waals surface area contributed by atoms with Gasteiger partial charge < -0.3 is 10.2 Å². The van der Waals surface area contributed by atoms with Gasteiger partial charge in [0, 0.05) is 6.07 Å². The van der Waals surface area contributed by atoms with Gasteiger partial charge in [0.25, 0.3) is 0 Å². The molecular weight excluding hydrogens is 222 g/mol. The number of hydrogen-bond donors (Lipinski definition) is 3. The van der Waals surface area contributed by atoms with E-state index in [-0.39, 0.29) is 6.61 Å². The number of carboxylic acid groups (broad SMARTS) is 1. The number of nitrogens with one attached hydrogen (secondary N) is 1. The smallest absolute Gasteiger partial charge is 0.410 e. The average molecular weight is 233 g/mol. The maximum absolute atomic E-state index is 10.6. The zero-order valence-electron chi connectivity index (χ0n) is 8.87. The van der Waals surface area contributed by atoms with E-state index < -0.39 is 6.09 Å². The van der Waals surface area contributed by atoms with Crippen LogP contribution in [0.25, 0.3) is 5.69 Å². The molecule has 0 unspecified atom stereocenters. The summed E-state index contributed by atoms with van der Waals surface area (Å²) >= 11 is 0. The van der Waals surface area contributed by atoms with Crippen LogP contribution in [0.1, 0.15) is 5.69 Å². The van der Waals surface area contributed by atoms with Crippen molar-refractivity contribution in [3.63, 3.8) is 0 Å². The molecule has 2 aromatic rings. The topological polar surface area (TPSA) is 87.4 Å². The molecule has 0 fully saturated rings. The van der Waals surface area contributed by atoms with Crippen molar-refractivity contribution < 1.29 is 15.0 Å². The van der Waals surface area contributed by atoms with Gasteiger partial charge in [0.05, 0.1) is 18.0 Å². The van der Waals surface area contributed by atoms with Gasteiger partial charge in [0.15, 0.2) is 0 Å². The van der Waals surface area contributed by atoms with E-state index in [9.17, 15) is 4.79 Å². The third-order valence-electron chi connectivity index (χ3n) is 2.16. The zero-order valence-corrected chi connectivity index (χ0v) is 8.87. The van der Waals surface area contributed by atoms with E-state index in [2.05, 4.69) is 10.4 Å². The molecular formula is C11H11N3O3. The number of aromatic nitrogens is 2. The number of anilines is 1. The largest absolute Gasteiger partial charge is 0.465 e. The number of amides is 1. The van der Waals surface area contributed by atoms with Gasteiger partial charge in [-0.15, -0.1) is 0 Å². The Kier molecular flexibility index (Phi) is 3.06. The predicted octanol–water partition coefficient (Wildman–Crippen LogP) is 1.45. The van der Waals surface area contributed by atoms with E-state index in [1.54, 1.807) is 12.1 Å². The van der Waals surface area contributed by atoms with Gasteiger partial charge in [0.1, 0.15) is 5.82 Å². The molecule has 0 radical (unpaired) electrons. The number of carbonyl (C=O) groups is 1. The van der Waals surface area contributed by atoms with Gasteiger partial charge in [-0.2, -0.15) is 5.10 Å². The van der Waals surface area contributed by atoms with Crippen LogP contribution in [0, 0.1) is 0 Å². The molecule has 2 rings (SSSR count). The summed E-state index contributed by atoms with van der Waals surface area (Å²) in [4.78, 5) is 10.6. The number of nitrogens with zero attached hydrogens (tertiary/aromatic N) is 2. The molecule has 0 bridgehead atoms. The van der Waals surface area contributed by atoms with E-state index in [0.717, 1.165) is 5.69 Å². The van der Waals surface area contributed by atoms with Crippen molar-refractivity contribution in [3.8, 4) is 5.69 Å². The highest BCUT2D eigenvalue weighted by atomic mass is 16.4. The van der Waals surface area contributed by atoms with Gasteiger partial charge in [-0.25, -0.2) is 9.48 Å². The molecule has 0 saturated carbocycles. The third-order valence-corrected chi connectivity index (χ3v) is 2.16. The highest BCUT2D eigenvalue weighted by Gasteiger charge is 2.10. The summed E-state index contributed by atoms with van der Waals surface area (Å²) in [6, 6.07) is 10.6. The van der Waals surface area contributed by atoms with Gasteiger partial charge in [-0.1, -0.05) is 18.2 Å². The molecule has 17 heavy (non-hydrogen) atoms. The SMILES string of the molecule is O=C(O)Nc1cc(CO)nn1-c1ccccc1. The van der Waals surface area contributed by atoms with Crippen molar-refractivity contribution in [3.05, 3.63) is 42.1 Å². The number of aliphatic hydroxyl groups is 1. The van der Waals surface area contributed by atoms with Crippen LogP contribution in [0.4, 0.5) is 10.6 Å². The standard InChI is InChI=1S/C11H11N3O3/c15-7-8-6-10(12-11(16)17)14(13-8)9-4-2-1-3-5-9/h1-6,12,15H,7H2,(H,16,17). The summed E-state index contributed by atoms with van der Waals surface area (Å²) in [5.41, 5.74) is 1.12. The van der Waals surface area contributed by atoms with Crippen LogP contribution in [0.3, 0.4) is 0 Å². The van der Waals surface area contributed by atoms with Crippen molar-refractivity contribution in [2.24, 2.45) is 0 Å². The first kappa shape index (κ1) is 11.2. The average Bonchev–Trinajstić information content (AvgIpc) is 2.72. The summed E-state index contributed by atoms with van der Waals surface area (Å²) in [5, 5.41) is 24.0. The highest BCUT2D eigenvalue weighted by Crippen LogP contribution is 2.17. The first-order valence-corrected chi connectivity index (χ1v) is 4.96. The second kappa shape index (κ2) is 4.67. The maximum Gasteiger partial charge on any atom is 0.410 e. The van der Waals surface area contributed by atoms with Crippen LogP contribution >= 0.6 is 0 Å². The maximum atomic E-state index is 10.6. The molecule has 0 aliphatic rings. The van der Waals surface area contributed by atoms with Gasteiger partial charge in [0.2, 0.25) is 0 Å². The second-order valence-electron chi connectivity index (χ2n) is 3.36.